The summed E-state index contributed by atoms with van der Waals surface area (Å²) >= 11 is 3.19. The molecule has 1 aliphatic rings. The quantitative estimate of drug-likeness (QED) is 0.853. The number of nitrogens with one attached hydrogen (secondary N) is 1. The number of sulfonamides is 1. The summed E-state index contributed by atoms with van der Waals surface area (Å²) in [5.41, 5.74) is 5.63. The molecule has 1 aromatic rings. The van der Waals surface area contributed by atoms with Crippen molar-refractivity contribution in [2.24, 2.45) is 0 Å². The highest BCUT2D eigenvalue weighted by atomic mass is 79.9. The molecule has 0 bridgehead atoms. The Hall–Kier alpha value is -0.700. The van der Waals surface area contributed by atoms with Gasteiger partial charge in [-0.15, -0.1) is 0 Å². The van der Waals surface area contributed by atoms with Crippen LogP contribution in [0.25, 0.3) is 0 Å². The summed E-state index contributed by atoms with van der Waals surface area (Å²) in [6.45, 7) is 0. The van der Waals surface area contributed by atoms with Gasteiger partial charge in [0.25, 0.3) is 0 Å². The molecular formula is C11H16BrN3O3S. The number of nitrogens with two attached hydrogens (primary N) is 1. The largest absolute Gasteiger partial charge is 0.383 e. The van der Waals surface area contributed by atoms with Gasteiger partial charge in [-0.1, -0.05) is 0 Å². The SMILES string of the molecule is COC1CCC(NS(=O)(=O)c2cc(Br)cnc2N)C1. The second-order valence-electron chi connectivity index (χ2n) is 4.53. The first-order chi connectivity index (χ1) is 8.92. The number of methoxy groups -OCH3 is 1. The zero-order chi connectivity index (χ0) is 14.0. The number of nitrogen functional groups attached to an aromatic ring is 1. The third kappa shape index (κ3) is 3.44. The van der Waals surface area contributed by atoms with Crippen LogP contribution in [0, 0.1) is 0 Å². The maximum absolute atomic E-state index is 12.3. The van der Waals surface area contributed by atoms with Gasteiger partial charge in [0.05, 0.1) is 6.10 Å². The highest BCUT2D eigenvalue weighted by molar-refractivity contribution is 9.10. The van der Waals surface area contributed by atoms with E-state index in [1.807, 2.05) is 0 Å². The number of anilines is 1. The summed E-state index contributed by atoms with van der Waals surface area (Å²) in [4.78, 5) is 3.84. The molecule has 0 saturated heterocycles. The Labute approximate surface area is 120 Å². The normalized spacial score (nSPS) is 23.7. The molecule has 1 aromatic heterocycles. The number of hydrogen-bond donors (Lipinski definition) is 2. The van der Waals surface area contributed by atoms with Crippen molar-refractivity contribution in [3.8, 4) is 0 Å². The summed E-state index contributed by atoms with van der Waals surface area (Å²) in [6.07, 6.45) is 3.88. The molecule has 1 heterocycles. The van der Waals surface area contributed by atoms with Crippen molar-refractivity contribution in [1.82, 2.24) is 9.71 Å². The van der Waals surface area contributed by atoms with Crippen molar-refractivity contribution in [3.63, 3.8) is 0 Å². The Balaban J connectivity index is 2.17. The van der Waals surface area contributed by atoms with Gasteiger partial charge in [0.2, 0.25) is 10.0 Å². The van der Waals surface area contributed by atoms with Crippen LogP contribution in [0.5, 0.6) is 0 Å². The van der Waals surface area contributed by atoms with E-state index < -0.39 is 10.0 Å². The summed E-state index contributed by atoms with van der Waals surface area (Å²) in [6, 6.07) is 1.33. The number of halogens is 1. The second-order valence-corrected chi connectivity index (χ2v) is 7.12. The van der Waals surface area contributed by atoms with Crippen molar-refractivity contribution in [1.29, 1.82) is 0 Å². The summed E-state index contributed by atoms with van der Waals surface area (Å²) in [5, 5.41) is 0. The van der Waals surface area contributed by atoms with E-state index in [1.165, 1.54) is 12.3 Å². The monoisotopic (exact) mass is 349 g/mol. The number of hydrogen-bond acceptors (Lipinski definition) is 5. The van der Waals surface area contributed by atoms with Crippen LogP contribution in [-0.4, -0.2) is 32.7 Å². The molecule has 19 heavy (non-hydrogen) atoms. The minimum Gasteiger partial charge on any atom is -0.383 e. The number of ether oxygens (including phenoxy) is 1. The predicted molar refractivity (Wildman–Crippen MR) is 75.1 cm³/mol. The van der Waals surface area contributed by atoms with E-state index >= 15 is 0 Å². The molecule has 2 atom stereocenters. The predicted octanol–water partition coefficient (Wildman–Crippen LogP) is 1.27. The fourth-order valence-corrected chi connectivity index (χ4v) is 4.06. The van der Waals surface area contributed by atoms with E-state index in [-0.39, 0.29) is 22.9 Å². The van der Waals surface area contributed by atoms with Gasteiger partial charge in [-0.2, -0.15) is 0 Å². The van der Waals surface area contributed by atoms with Crippen LogP contribution in [0.4, 0.5) is 5.82 Å². The number of aromatic nitrogens is 1. The topological polar surface area (TPSA) is 94.3 Å². The van der Waals surface area contributed by atoms with Gasteiger partial charge < -0.3 is 10.5 Å². The van der Waals surface area contributed by atoms with Gasteiger partial charge in [-0.3, -0.25) is 0 Å². The molecule has 8 heteroatoms. The van der Waals surface area contributed by atoms with Crippen molar-refractivity contribution in [2.45, 2.75) is 36.3 Å². The molecule has 0 aromatic carbocycles. The third-order valence-corrected chi connectivity index (χ3v) is 5.16. The molecule has 0 aliphatic heterocycles. The lowest BCUT2D eigenvalue weighted by atomic mass is 10.3. The Morgan fingerprint density at radius 1 is 1.53 bits per heavy atom. The maximum Gasteiger partial charge on any atom is 0.244 e. The number of nitrogens with zero attached hydrogens (tertiary/aromatic N) is 1. The first kappa shape index (κ1) is 14.7. The first-order valence-electron chi connectivity index (χ1n) is 5.88. The molecule has 2 unspecified atom stereocenters. The smallest absolute Gasteiger partial charge is 0.244 e. The van der Waals surface area contributed by atoms with Gasteiger partial charge in [0, 0.05) is 23.8 Å². The molecule has 0 spiro atoms. The second kappa shape index (κ2) is 5.74. The molecule has 6 nitrogen and oxygen atoms in total. The molecule has 1 fully saturated rings. The van der Waals surface area contributed by atoms with Crippen LogP contribution in [0.1, 0.15) is 19.3 Å². The fraction of sp³-hybridized carbons (Fsp3) is 0.545. The van der Waals surface area contributed by atoms with Crippen LogP contribution in [0.3, 0.4) is 0 Å². The molecule has 106 valence electrons. The lowest BCUT2D eigenvalue weighted by molar-refractivity contribution is 0.107. The number of rotatable bonds is 4. The summed E-state index contributed by atoms with van der Waals surface area (Å²) in [7, 11) is -2.01. The van der Waals surface area contributed by atoms with Crippen molar-refractivity contribution < 1.29 is 13.2 Å². The molecule has 1 aliphatic carbocycles. The number of pyridine rings is 1. The van der Waals surface area contributed by atoms with Gasteiger partial charge in [0.1, 0.15) is 10.7 Å². The third-order valence-electron chi connectivity index (χ3n) is 3.18. The molecular weight excluding hydrogens is 334 g/mol. The minimum atomic E-state index is -3.65. The van der Waals surface area contributed by atoms with Gasteiger partial charge in [-0.25, -0.2) is 18.1 Å². The fourth-order valence-electron chi connectivity index (χ4n) is 2.19. The summed E-state index contributed by atoms with van der Waals surface area (Å²) < 4.78 is 33.0. The first-order valence-corrected chi connectivity index (χ1v) is 8.16. The Morgan fingerprint density at radius 2 is 2.26 bits per heavy atom. The maximum atomic E-state index is 12.3. The standard InChI is InChI=1S/C11H16BrN3O3S/c1-18-9-3-2-8(5-9)15-19(16,17)10-4-7(12)6-14-11(10)13/h4,6,8-9,15H,2-3,5H2,1H3,(H2,13,14). The van der Waals surface area contributed by atoms with E-state index in [9.17, 15) is 8.42 Å². The Bertz CT molecular complexity index is 564. The van der Waals surface area contributed by atoms with Gasteiger partial charge >= 0.3 is 0 Å². The van der Waals surface area contributed by atoms with Crippen molar-refractivity contribution in [3.05, 3.63) is 16.7 Å². The van der Waals surface area contributed by atoms with E-state index in [0.717, 1.165) is 12.8 Å². The lowest BCUT2D eigenvalue weighted by Crippen LogP contribution is -2.34. The van der Waals surface area contributed by atoms with E-state index in [0.29, 0.717) is 10.9 Å². The lowest BCUT2D eigenvalue weighted by Gasteiger charge is -2.14. The van der Waals surface area contributed by atoms with Gasteiger partial charge in [-0.05, 0) is 41.3 Å². The Kier molecular flexibility index (Phi) is 4.44. The Morgan fingerprint density at radius 3 is 2.89 bits per heavy atom. The van der Waals surface area contributed by atoms with Crippen LogP contribution >= 0.6 is 15.9 Å². The zero-order valence-corrected chi connectivity index (χ0v) is 12.9. The molecule has 1 saturated carbocycles. The molecule has 0 radical (unpaired) electrons. The highest BCUT2D eigenvalue weighted by Crippen LogP contribution is 2.25. The van der Waals surface area contributed by atoms with Crippen LogP contribution in [-0.2, 0) is 14.8 Å². The minimum absolute atomic E-state index is 0.00254. The zero-order valence-electron chi connectivity index (χ0n) is 10.5. The highest BCUT2D eigenvalue weighted by Gasteiger charge is 2.29. The van der Waals surface area contributed by atoms with Gasteiger partial charge in [0.15, 0.2) is 0 Å². The average Bonchev–Trinajstić information content (AvgIpc) is 2.79. The van der Waals surface area contributed by atoms with E-state index in [1.54, 1.807) is 7.11 Å². The average molecular weight is 350 g/mol. The van der Waals surface area contributed by atoms with E-state index in [4.69, 9.17) is 10.5 Å². The van der Waals surface area contributed by atoms with E-state index in [2.05, 4.69) is 25.6 Å². The van der Waals surface area contributed by atoms with Crippen LogP contribution in [0.2, 0.25) is 0 Å². The van der Waals surface area contributed by atoms with Crippen molar-refractivity contribution in [2.75, 3.05) is 12.8 Å². The van der Waals surface area contributed by atoms with Crippen LogP contribution < -0.4 is 10.5 Å². The molecule has 0 amide bonds. The summed E-state index contributed by atoms with van der Waals surface area (Å²) in [5.74, 6) is -0.00279. The molecule has 3 N–H and O–H groups in total. The molecule has 2 rings (SSSR count). The van der Waals surface area contributed by atoms with Crippen LogP contribution in [0.15, 0.2) is 21.6 Å². The van der Waals surface area contributed by atoms with Crippen molar-refractivity contribution >= 4 is 31.8 Å².